The van der Waals surface area contributed by atoms with Gasteiger partial charge in [-0.2, -0.15) is 0 Å². The SMILES string of the molecule is CCCCC(C(=O)c1ccccc1)C(C(=O)O)C(=O)O. The zero-order chi connectivity index (χ0) is 15.1. The fourth-order valence-corrected chi connectivity index (χ4v) is 2.14. The van der Waals surface area contributed by atoms with E-state index in [-0.39, 0.29) is 6.42 Å². The first-order chi connectivity index (χ1) is 9.49. The van der Waals surface area contributed by atoms with E-state index >= 15 is 0 Å². The molecule has 1 atom stereocenters. The molecule has 5 nitrogen and oxygen atoms in total. The van der Waals surface area contributed by atoms with Crippen LogP contribution in [0.2, 0.25) is 0 Å². The summed E-state index contributed by atoms with van der Waals surface area (Å²) in [5.41, 5.74) is 0.348. The van der Waals surface area contributed by atoms with Crippen molar-refractivity contribution in [1.29, 1.82) is 0 Å². The molecule has 0 amide bonds. The maximum atomic E-state index is 12.4. The third-order valence-electron chi connectivity index (χ3n) is 3.20. The molecule has 0 radical (unpaired) electrons. The van der Waals surface area contributed by atoms with E-state index in [0.29, 0.717) is 12.0 Å². The second-order valence-corrected chi connectivity index (χ2v) is 4.63. The maximum Gasteiger partial charge on any atom is 0.318 e. The lowest BCUT2D eigenvalue weighted by atomic mass is 9.82. The highest BCUT2D eigenvalue weighted by Gasteiger charge is 2.39. The fraction of sp³-hybridized carbons (Fsp3) is 0.400. The second kappa shape index (κ2) is 7.43. The Hall–Kier alpha value is -2.17. The average Bonchev–Trinajstić information content (AvgIpc) is 2.42. The Morgan fingerprint density at radius 2 is 1.60 bits per heavy atom. The van der Waals surface area contributed by atoms with Gasteiger partial charge in [-0.15, -0.1) is 0 Å². The predicted octanol–water partition coefficient (Wildman–Crippen LogP) is 2.46. The number of hydrogen-bond acceptors (Lipinski definition) is 3. The first kappa shape index (κ1) is 15.9. The molecular weight excluding hydrogens is 260 g/mol. The molecule has 5 heteroatoms. The van der Waals surface area contributed by atoms with Gasteiger partial charge in [0, 0.05) is 11.5 Å². The molecule has 0 aromatic heterocycles. The van der Waals surface area contributed by atoms with Crippen molar-refractivity contribution in [2.75, 3.05) is 0 Å². The van der Waals surface area contributed by atoms with E-state index in [2.05, 4.69) is 0 Å². The number of Topliss-reactive ketones (excluding diaryl/α,β-unsaturated/α-hetero) is 1. The molecule has 108 valence electrons. The zero-order valence-electron chi connectivity index (χ0n) is 11.3. The minimum atomic E-state index is -1.70. The number of unbranched alkanes of at least 4 members (excludes halogenated alkanes) is 1. The summed E-state index contributed by atoms with van der Waals surface area (Å²) in [6.45, 7) is 1.90. The van der Waals surface area contributed by atoms with Crippen LogP contribution in [0.15, 0.2) is 30.3 Å². The summed E-state index contributed by atoms with van der Waals surface area (Å²) >= 11 is 0. The highest BCUT2D eigenvalue weighted by atomic mass is 16.4. The minimum absolute atomic E-state index is 0.257. The third kappa shape index (κ3) is 3.91. The lowest BCUT2D eigenvalue weighted by molar-refractivity contribution is -0.156. The molecule has 1 unspecified atom stereocenters. The molecule has 1 rings (SSSR count). The Kier molecular flexibility index (Phi) is 5.90. The summed E-state index contributed by atoms with van der Waals surface area (Å²) in [5.74, 6) is -6.10. The molecule has 0 fully saturated rings. The molecule has 0 saturated heterocycles. The molecule has 0 spiro atoms. The van der Waals surface area contributed by atoms with E-state index in [1.807, 2.05) is 6.92 Å². The largest absolute Gasteiger partial charge is 0.481 e. The van der Waals surface area contributed by atoms with Gasteiger partial charge in [-0.25, -0.2) is 0 Å². The molecule has 20 heavy (non-hydrogen) atoms. The van der Waals surface area contributed by atoms with Crippen LogP contribution in [0.4, 0.5) is 0 Å². The van der Waals surface area contributed by atoms with Gasteiger partial charge in [0.15, 0.2) is 11.7 Å². The average molecular weight is 278 g/mol. The Morgan fingerprint density at radius 3 is 2.05 bits per heavy atom. The van der Waals surface area contributed by atoms with E-state index in [4.69, 9.17) is 10.2 Å². The molecule has 0 aliphatic carbocycles. The minimum Gasteiger partial charge on any atom is -0.481 e. The van der Waals surface area contributed by atoms with Crippen molar-refractivity contribution in [1.82, 2.24) is 0 Å². The van der Waals surface area contributed by atoms with Crippen molar-refractivity contribution in [2.45, 2.75) is 26.2 Å². The second-order valence-electron chi connectivity index (χ2n) is 4.63. The van der Waals surface area contributed by atoms with Crippen LogP contribution in [0.5, 0.6) is 0 Å². The highest BCUT2D eigenvalue weighted by molar-refractivity contribution is 6.05. The fourth-order valence-electron chi connectivity index (χ4n) is 2.14. The van der Waals surface area contributed by atoms with Crippen LogP contribution in [0.3, 0.4) is 0 Å². The van der Waals surface area contributed by atoms with Gasteiger partial charge in [-0.3, -0.25) is 14.4 Å². The standard InChI is InChI=1S/C15H18O5/c1-2-3-9-11(12(14(17)18)15(19)20)13(16)10-7-5-4-6-8-10/h4-8,11-12H,2-3,9H2,1H3,(H,17,18)(H,19,20). The van der Waals surface area contributed by atoms with Crippen LogP contribution in [0.1, 0.15) is 36.5 Å². The number of hydrogen-bond donors (Lipinski definition) is 2. The summed E-state index contributed by atoms with van der Waals surface area (Å²) < 4.78 is 0. The van der Waals surface area contributed by atoms with Crippen molar-refractivity contribution in [3.05, 3.63) is 35.9 Å². The van der Waals surface area contributed by atoms with Crippen LogP contribution in [-0.2, 0) is 9.59 Å². The first-order valence-electron chi connectivity index (χ1n) is 6.53. The summed E-state index contributed by atoms with van der Waals surface area (Å²) in [7, 11) is 0. The number of carboxylic acid groups (broad SMARTS) is 2. The van der Waals surface area contributed by atoms with Crippen LogP contribution in [0.25, 0.3) is 0 Å². The quantitative estimate of drug-likeness (QED) is 0.563. The van der Waals surface area contributed by atoms with Crippen LogP contribution >= 0.6 is 0 Å². The number of carbonyl (C=O) groups is 3. The van der Waals surface area contributed by atoms with E-state index in [0.717, 1.165) is 6.42 Å². The number of aliphatic carboxylic acids is 2. The molecule has 0 saturated carbocycles. The number of ketones is 1. The molecule has 0 heterocycles. The number of rotatable bonds is 8. The smallest absolute Gasteiger partial charge is 0.318 e. The van der Waals surface area contributed by atoms with E-state index in [9.17, 15) is 14.4 Å². The van der Waals surface area contributed by atoms with Crippen molar-refractivity contribution in [2.24, 2.45) is 11.8 Å². The number of carbonyl (C=O) groups excluding carboxylic acids is 1. The monoisotopic (exact) mass is 278 g/mol. The Balaban J connectivity index is 3.07. The molecule has 0 aliphatic heterocycles. The van der Waals surface area contributed by atoms with Gasteiger partial charge < -0.3 is 10.2 Å². The number of benzene rings is 1. The Labute approximate surface area is 117 Å². The van der Waals surface area contributed by atoms with Gasteiger partial charge >= 0.3 is 11.9 Å². The van der Waals surface area contributed by atoms with Crippen molar-refractivity contribution in [3.8, 4) is 0 Å². The van der Waals surface area contributed by atoms with E-state index < -0.39 is 29.6 Å². The van der Waals surface area contributed by atoms with Gasteiger partial charge in [0.05, 0.1) is 0 Å². The maximum absolute atomic E-state index is 12.4. The summed E-state index contributed by atoms with van der Waals surface area (Å²) in [6, 6.07) is 8.22. The Bertz CT molecular complexity index is 466. The highest BCUT2D eigenvalue weighted by Crippen LogP contribution is 2.24. The lowest BCUT2D eigenvalue weighted by Crippen LogP contribution is -2.36. The van der Waals surface area contributed by atoms with Crippen LogP contribution < -0.4 is 0 Å². The summed E-state index contributed by atoms with van der Waals surface area (Å²) in [4.78, 5) is 34.7. The lowest BCUT2D eigenvalue weighted by Gasteiger charge is -2.19. The van der Waals surface area contributed by atoms with Gasteiger partial charge in [-0.05, 0) is 6.42 Å². The molecular formula is C15H18O5. The van der Waals surface area contributed by atoms with Crippen LogP contribution in [-0.4, -0.2) is 27.9 Å². The zero-order valence-corrected chi connectivity index (χ0v) is 11.3. The molecule has 2 N–H and O–H groups in total. The normalized spacial score (nSPS) is 12.1. The molecule has 0 bridgehead atoms. The van der Waals surface area contributed by atoms with Gasteiger partial charge in [0.1, 0.15) is 0 Å². The van der Waals surface area contributed by atoms with Crippen molar-refractivity contribution < 1.29 is 24.6 Å². The van der Waals surface area contributed by atoms with Gasteiger partial charge in [-0.1, -0.05) is 50.1 Å². The van der Waals surface area contributed by atoms with Crippen molar-refractivity contribution in [3.63, 3.8) is 0 Å². The molecule has 1 aromatic carbocycles. The molecule has 1 aromatic rings. The third-order valence-corrected chi connectivity index (χ3v) is 3.20. The van der Waals surface area contributed by atoms with Gasteiger partial charge in [0.2, 0.25) is 0 Å². The van der Waals surface area contributed by atoms with Gasteiger partial charge in [0.25, 0.3) is 0 Å². The van der Waals surface area contributed by atoms with Crippen LogP contribution in [0, 0.1) is 11.8 Å². The number of carboxylic acids is 2. The topological polar surface area (TPSA) is 91.7 Å². The van der Waals surface area contributed by atoms with E-state index in [1.165, 1.54) is 0 Å². The summed E-state index contributed by atoms with van der Waals surface area (Å²) in [5, 5.41) is 18.2. The first-order valence-corrected chi connectivity index (χ1v) is 6.53. The Morgan fingerprint density at radius 1 is 1.05 bits per heavy atom. The molecule has 0 aliphatic rings. The van der Waals surface area contributed by atoms with E-state index in [1.54, 1.807) is 30.3 Å². The summed E-state index contributed by atoms with van der Waals surface area (Å²) in [6.07, 6.45) is 1.64. The van der Waals surface area contributed by atoms with Crippen molar-refractivity contribution >= 4 is 17.7 Å². The predicted molar refractivity (Wildman–Crippen MR) is 72.5 cm³/mol.